The van der Waals surface area contributed by atoms with E-state index in [1.165, 1.54) is 6.07 Å². The van der Waals surface area contributed by atoms with Crippen LogP contribution < -0.4 is 10.9 Å². The maximum Gasteiger partial charge on any atom is 0.252 e. The lowest BCUT2D eigenvalue weighted by Crippen LogP contribution is -2.12. The zero-order valence-corrected chi connectivity index (χ0v) is 11.3. The smallest absolute Gasteiger partial charge is 0.252 e. The third-order valence-corrected chi connectivity index (χ3v) is 2.73. The summed E-state index contributed by atoms with van der Waals surface area (Å²) in [6.07, 6.45) is 0. The predicted molar refractivity (Wildman–Crippen MR) is 74.8 cm³/mol. The minimum atomic E-state index is -0.199. The van der Waals surface area contributed by atoms with Gasteiger partial charge >= 0.3 is 0 Å². The number of H-pyrrole nitrogens is 1. The third-order valence-electron chi connectivity index (χ3n) is 2.73. The summed E-state index contributed by atoms with van der Waals surface area (Å²) in [5.74, 6) is 0.424. The maximum atomic E-state index is 11.5. The lowest BCUT2D eigenvalue weighted by atomic mass is 10.1. The van der Waals surface area contributed by atoms with Crippen LogP contribution in [-0.4, -0.2) is 17.1 Å². The number of anilines is 2. The first-order chi connectivity index (χ1) is 9.08. The molecule has 1 aromatic heterocycles. The van der Waals surface area contributed by atoms with E-state index in [1.807, 2.05) is 32.0 Å². The zero-order chi connectivity index (χ0) is 13.8. The van der Waals surface area contributed by atoms with Crippen molar-refractivity contribution in [2.75, 3.05) is 12.4 Å². The molecule has 19 heavy (non-hydrogen) atoms. The van der Waals surface area contributed by atoms with Gasteiger partial charge in [-0.1, -0.05) is 12.1 Å². The van der Waals surface area contributed by atoms with Gasteiger partial charge in [0.05, 0.1) is 12.3 Å². The molecule has 0 bridgehead atoms. The van der Waals surface area contributed by atoms with Gasteiger partial charge < -0.3 is 10.1 Å². The first-order valence-electron chi connectivity index (χ1n) is 6.02. The summed E-state index contributed by atoms with van der Waals surface area (Å²) in [5.41, 5.74) is 3.56. The topological polar surface area (TPSA) is 67.0 Å². The van der Waals surface area contributed by atoms with Crippen molar-refractivity contribution in [2.24, 2.45) is 0 Å². The number of aromatic amines is 1. The van der Waals surface area contributed by atoms with Crippen LogP contribution in [0.15, 0.2) is 29.1 Å². The van der Waals surface area contributed by atoms with Crippen LogP contribution in [0.25, 0.3) is 0 Å². The Labute approximate surface area is 111 Å². The number of hydrogen-bond donors (Lipinski definition) is 2. The summed E-state index contributed by atoms with van der Waals surface area (Å²) in [7, 11) is 1.57. The Kier molecular flexibility index (Phi) is 3.97. The van der Waals surface area contributed by atoms with Crippen molar-refractivity contribution < 1.29 is 4.74 Å². The Hall–Kier alpha value is -2.14. The Morgan fingerprint density at radius 3 is 2.84 bits per heavy atom. The maximum absolute atomic E-state index is 11.5. The van der Waals surface area contributed by atoms with Gasteiger partial charge in [0.25, 0.3) is 5.56 Å². The highest BCUT2D eigenvalue weighted by Crippen LogP contribution is 2.19. The average molecular weight is 259 g/mol. The zero-order valence-electron chi connectivity index (χ0n) is 11.3. The summed E-state index contributed by atoms with van der Waals surface area (Å²) >= 11 is 0. The second kappa shape index (κ2) is 5.67. The van der Waals surface area contributed by atoms with Gasteiger partial charge in [-0.15, -0.1) is 0 Å². The first-order valence-corrected chi connectivity index (χ1v) is 6.02. The van der Waals surface area contributed by atoms with Crippen LogP contribution in [0.3, 0.4) is 0 Å². The number of nitrogens with zero attached hydrogens (tertiary/aromatic N) is 1. The minimum absolute atomic E-state index is 0.199. The number of nitrogens with one attached hydrogen (secondary N) is 2. The Bertz CT molecular complexity index is 635. The van der Waals surface area contributed by atoms with Gasteiger partial charge in [-0.2, -0.15) is 0 Å². The molecule has 5 heteroatoms. The number of ether oxygens (including phenoxy) is 1. The summed E-state index contributed by atoms with van der Waals surface area (Å²) in [4.78, 5) is 18.5. The van der Waals surface area contributed by atoms with E-state index in [1.54, 1.807) is 7.11 Å². The van der Waals surface area contributed by atoms with Gasteiger partial charge in [-0.25, -0.2) is 4.98 Å². The fourth-order valence-electron chi connectivity index (χ4n) is 1.79. The minimum Gasteiger partial charge on any atom is -0.378 e. The van der Waals surface area contributed by atoms with E-state index in [9.17, 15) is 4.79 Å². The average Bonchev–Trinajstić information content (AvgIpc) is 2.33. The van der Waals surface area contributed by atoms with E-state index in [2.05, 4.69) is 15.3 Å². The highest BCUT2D eigenvalue weighted by molar-refractivity contribution is 5.59. The van der Waals surface area contributed by atoms with Gasteiger partial charge in [-0.05, 0) is 31.0 Å². The van der Waals surface area contributed by atoms with Crippen LogP contribution in [0.5, 0.6) is 0 Å². The molecule has 0 aliphatic heterocycles. The van der Waals surface area contributed by atoms with E-state index >= 15 is 0 Å². The number of benzene rings is 1. The summed E-state index contributed by atoms with van der Waals surface area (Å²) < 4.78 is 4.99. The molecular formula is C14H17N3O2. The Balaban J connectivity index is 2.32. The number of rotatable bonds is 4. The molecule has 0 atom stereocenters. The number of aryl methyl sites for hydroxylation is 2. The molecule has 5 nitrogen and oxygen atoms in total. The molecule has 0 aliphatic rings. The molecular weight excluding hydrogens is 242 g/mol. The van der Waals surface area contributed by atoms with Crippen LogP contribution in [0, 0.1) is 13.8 Å². The van der Waals surface area contributed by atoms with E-state index in [0.29, 0.717) is 18.2 Å². The second-order valence-corrected chi connectivity index (χ2v) is 4.46. The molecule has 0 spiro atoms. The number of methoxy groups -OCH3 is 1. The molecule has 1 heterocycles. The van der Waals surface area contributed by atoms with E-state index in [4.69, 9.17) is 4.74 Å². The van der Waals surface area contributed by atoms with E-state index in [-0.39, 0.29) is 5.56 Å². The summed E-state index contributed by atoms with van der Waals surface area (Å²) in [6.45, 7) is 4.33. The SMILES string of the molecule is COCc1cc(=O)[nH]c(Nc2cc(C)ccc2C)n1. The van der Waals surface area contributed by atoms with Gasteiger partial charge in [0, 0.05) is 18.9 Å². The molecule has 100 valence electrons. The molecule has 0 fully saturated rings. The molecule has 2 N–H and O–H groups in total. The van der Waals surface area contributed by atoms with E-state index in [0.717, 1.165) is 16.8 Å². The van der Waals surface area contributed by atoms with Crippen molar-refractivity contribution >= 4 is 11.6 Å². The van der Waals surface area contributed by atoms with Crippen LogP contribution >= 0.6 is 0 Å². The first kappa shape index (κ1) is 13.3. The van der Waals surface area contributed by atoms with Crippen molar-refractivity contribution in [3.05, 3.63) is 51.4 Å². The number of hydrogen-bond acceptors (Lipinski definition) is 4. The quantitative estimate of drug-likeness (QED) is 0.884. The normalized spacial score (nSPS) is 10.5. The summed E-state index contributed by atoms with van der Waals surface area (Å²) in [5, 5.41) is 3.13. The highest BCUT2D eigenvalue weighted by Gasteiger charge is 2.04. The fraction of sp³-hybridized carbons (Fsp3) is 0.286. The van der Waals surface area contributed by atoms with Crippen LogP contribution in [0.2, 0.25) is 0 Å². The molecule has 0 saturated carbocycles. The largest absolute Gasteiger partial charge is 0.378 e. The molecule has 2 rings (SSSR count). The second-order valence-electron chi connectivity index (χ2n) is 4.46. The lowest BCUT2D eigenvalue weighted by Gasteiger charge is -2.10. The standard InChI is InChI=1S/C14H17N3O2/c1-9-4-5-10(2)12(6-9)16-14-15-11(8-19-3)7-13(18)17-14/h4-7H,8H2,1-3H3,(H2,15,16,17,18). The molecule has 0 amide bonds. The van der Waals surface area contributed by atoms with Crippen molar-refractivity contribution in [2.45, 2.75) is 20.5 Å². The van der Waals surface area contributed by atoms with Crippen LogP contribution in [-0.2, 0) is 11.3 Å². The summed E-state index contributed by atoms with van der Waals surface area (Å²) in [6, 6.07) is 7.50. The Morgan fingerprint density at radius 2 is 2.11 bits per heavy atom. The van der Waals surface area contributed by atoms with Gasteiger partial charge in [0.15, 0.2) is 0 Å². The molecule has 0 radical (unpaired) electrons. The van der Waals surface area contributed by atoms with Crippen molar-refractivity contribution in [1.82, 2.24) is 9.97 Å². The van der Waals surface area contributed by atoms with Gasteiger partial charge in [0.2, 0.25) is 5.95 Å². The third kappa shape index (κ3) is 3.42. The lowest BCUT2D eigenvalue weighted by molar-refractivity contribution is 0.181. The Morgan fingerprint density at radius 1 is 1.32 bits per heavy atom. The van der Waals surface area contributed by atoms with Gasteiger partial charge in [-0.3, -0.25) is 9.78 Å². The van der Waals surface area contributed by atoms with Crippen molar-refractivity contribution in [1.29, 1.82) is 0 Å². The number of aromatic nitrogens is 2. The molecule has 0 unspecified atom stereocenters. The fourth-order valence-corrected chi connectivity index (χ4v) is 1.79. The molecule has 0 saturated heterocycles. The van der Waals surface area contributed by atoms with Crippen molar-refractivity contribution in [3.63, 3.8) is 0 Å². The van der Waals surface area contributed by atoms with E-state index < -0.39 is 0 Å². The highest BCUT2D eigenvalue weighted by atomic mass is 16.5. The molecule has 0 aliphatic carbocycles. The van der Waals surface area contributed by atoms with Crippen molar-refractivity contribution in [3.8, 4) is 0 Å². The molecule has 2 aromatic rings. The van der Waals surface area contributed by atoms with Crippen LogP contribution in [0.1, 0.15) is 16.8 Å². The monoisotopic (exact) mass is 259 g/mol. The molecule has 1 aromatic carbocycles. The van der Waals surface area contributed by atoms with Crippen LogP contribution in [0.4, 0.5) is 11.6 Å². The van der Waals surface area contributed by atoms with Gasteiger partial charge in [0.1, 0.15) is 0 Å². The predicted octanol–water partition coefficient (Wildman–Crippen LogP) is 2.28.